The van der Waals surface area contributed by atoms with Gasteiger partial charge in [0.05, 0.1) is 12.2 Å². The van der Waals surface area contributed by atoms with Crippen molar-refractivity contribution >= 4 is 17.0 Å². The molecule has 0 amide bonds. The molecular formula is C16H20N6OS. The zero-order valence-electron chi connectivity index (χ0n) is 13.9. The highest BCUT2D eigenvalue weighted by atomic mass is 32.1. The molecule has 2 aromatic heterocycles. The third-order valence-corrected chi connectivity index (χ3v) is 4.60. The number of hydrogen-bond donors (Lipinski definition) is 1. The highest BCUT2D eigenvalue weighted by Crippen LogP contribution is 2.23. The summed E-state index contributed by atoms with van der Waals surface area (Å²) in [6.45, 7) is 5.37. The minimum absolute atomic E-state index is 0.0421. The predicted molar refractivity (Wildman–Crippen MR) is 93.7 cm³/mol. The molecule has 3 rings (SSSR count). The van der Waals surface area contributed by atoms with Crippen LogP contribution in [0.1, 0.15) is 30.7 Å². The first kappa shape index (κ1) is 16.5. The van der Waals surface area contributed by atoms with Gasteiger partial charge in [-0.2, -0.15) is 0 Å². The van der Waals surface area contributed by atoms with E-state index >= 15 is 0 Å². The van der Waals surface area contributed by atoms with E-state index in [1.807, 2.05) is 45.2 Å². The van der Waals surface area contributed by atoms with Gasteiger partial charge in [-0.25, -0.2) is 9.67 Å². The molecule has 0 saturated heterocycles. The summed E-state index contributed by atoms with van der Waals surface area (Å²) in [6.07, 6.45) is 0.0421. The van der Waals surface area contributed by atoms with Crippen LogP contribution in [-0.2, 0) is 18.3 Å². The average molecular weight is 344 g/mol. The van der Waals surface area contributed by atoms with E-state index in [2.05, 4.69) is 31.2 Å². The van der Waals surface area contributed by atoms with Crippen molar-refractivity contribution in [3.8, 4) is 11.4 Å². The van der Waals surface area contributed by atoms with Crippen LogP contribution >= 0.6 is 11.3 Å². The number of hydrogen-bond acceptors (Lipinski definition) is 7. The fourth-order valence-corrected chi connectivity index (χ4v) is 3.17. The van der Waals surface area contributed by atoms with Crippen LogP contribution in [0.4, 0.5) is 5.69 Å². The highest BCUT2D eigenvalue weighted by Gasteiger charge is 2.10. The average Bonchev–Trinajstić information content (AvgIpc) is 3.22. The van der Waals surface area contributed by atoms with E-state index in [9.17, 15) is 0 Å². The van der Waals surface area contributed by atoms with Crippen molar-refractivity contribution in [2.75, 3.05) is 11.9 Å². The maximum Gasteiger partial charge on any atom is 0.181 e. The fraction of sp³-hybridized carbons (Fsp3) is 0.375. The second-order valence-electron chi connectivity index (χ2n) is 5.34. The molecule has 0 unspecified atom stereocenters. The number of tetrazole rings is 1. The lowest BCUT2D eigenvalue weighted by atomic mass is 10.2. The topological polar surface area (TPSA) is 77.8 Å². The summed E-state index contributed by atoms with van der Waals surface area (Å²) in [5.74, 6) is 0.736. The van der Waals surface area contributed by atoms with Gasteiger partial charge in [0.2, 0.25) is 0 Å². The van der Waals surface area contributed by atoms with Gasteiger partial charge in [0.25, 0.3) is 0 Å². The molecule has 7 nitrogen and oxygen atoms in total. The maximum atomic E-state index is 5.58. The Morgan fingerprint density at radius 2 is 2.25 bits per heavy atom. The summed E-state index contributed by atoms with van der Waals surface area (Å²) in [4.78, 5) is 4.62. The van der Waals surface area contributed by atoms with Crippen LogP contribution in [-0.4, -0.2) is 31.8 Å². The number of anilines is 1. The van der Waals surface area contributed by atoms with Gasteiger partial charge in [0.1, 0.15) is 11.1 Å². The third kappa shape index (κ3) is 3.77. The van der Waals surface area contributed by atoms with E-state index in [0.717, 1.165) is 27.8 Å². The van der Waals surface area contributed by atoms with Gasteiger partial charge in [-0.05, 0) is 36.4 Å². The van der Waals surface area contributed by atoms with Crippen LogP contribution < -0.4 is 5.32 Å². The van der Waals surface area contributed by atoms with Crippen molar-refractivity contribution in [3.05, 3.63) is 40.3 Å². The predicted octanol–water partition coefficient (Wildman–Crippen LogP) is 3.04. The Bertz CT molecular complexity index is 799. The Kier molecular flexibility index (Phi) is 5.17. The standard InChI is InChI=1S/C16H20N6OS/c1-4-23-11(2)16-18-14(10-24-16)9-17-13-7-5-6-12(8-13)15-19-20-21-22(15)3/h5-8,10-11,17H,4,9H2,1-3H3/t11-/m0/s1. The number of benzene rings is 1. The summed E-state index contributed by atoms with van der Waals surface area (Å²) in [6, 6.07) is 8.02. The Labute approximate surface area is 144 Å². The van der Waals surface area contributed by atoms with E-state index in [-0.39, 0.29) is 6.10 Å². The SMILES string of the molecule is CCO[C@@H](C)c1nc(CNc2cccc(-c3nnnn3C)c2)cs1. The summed E-state index contributed by atoms with van der Waals surface area (Å²) in [5, 5.41) is 18.0. The third-order valence-electron chi connectivity index (χ3n) is 3.55. The minimum Gasteiger partial charge on any atom is -0.379 e. The molecule has 1 N–H and O–H groups in total. The zero-order chi connectivity index (χ0) is 16.9. The van der Waals surface area contributed by atoms with Crippen molar-refractivity contribution in [1.29, 1.82) is 0 Å². The van der Waals surface area contributed by atoms with Crippen LogP contribution in [0, 0.1) is 0 Å². The molecule has 0 fully saturated rings. The Hall–Kier alpha value is -2.32. The van der Waals surface area contributed by atoms with Crippen LogP contribution in [0.5, 0.6) is 0 Å². The molecule has 0 saturated carbocycles. The van der Waals surface area contributed by atoms with Crippen molar-refractivity contribution in [3.63, 3.8) is 0 Å². The first-order valence-corrected chi connectivity index (χ1v) is 8.68. The summed E-state index contributed by atoms with van der Waals surface area (Å²) in [5.41, 5.74) is 2.98. The Balaban J connectivity index is 1.66. The highest BCUT2D eigenvalue weighted by molar-refractivity contribution is 7.09. The van der Waals surface area contributed by atoms with Crippen LogP contribution in [0.3, 0.4) is 0 Å². The molecule has 24 heavy (non-hydrogen) atoms. The molecule has 2 heterocycles. The lowest BCUT2D eigenvalue weighted by Crippen LogP contribution is -2.02. The van der Waals surface area contributed by atoms with E-state index in [4.69, 9.17) is 4.74 Å². The number of ether oxygens (including phenoxy) is 1. The molecular weight excluding hydrogens is 324 g/mol. The van der Waals surface area contributed by atoms with Gasteiger partial charge in [0, 0.05) is 30.3 Å². The summed E-state index contributed by atoms with van der Waals surface area (Å²) >= 11 is 1.63. The number of rotatable bonds is 7. The molecule has 0 radical (unpaired) electrons. The van der Waals surface area contributed by atoms with E-state index in [0.29, 0.717) is 13.2 Å². The normalized spacial score (nSPS) is 12.3. The molecule has 0 aliphatic heterocycles. The largest absolute Gasteiger partial charge is 0.379 e. The molecule has 0 spiro atoms. The van der Waals surface area contributed by atoms with Crippen molar-refractivity contribution in [2.24, 2.45) is 7.05 Å². The molecule has 8 heteroatoms. The lowest BCUT2D eigenvalue weighted by molar-refractivity contribution is 0.0761. The molecule has 0 aliphatic rings. The molecule has 1 atom stereocenters. The minimum atomic E-state index is 0.0421. The fourth-order valence-electron chi connectivity index (χ4n) is 2.35. The van der Waals surface area contributed by atoms with Crippen molar-refractivity contribution < 1.29 is 4.74 Å². The van der Waals surface area contributed by atoms with E-state index < -0.39 is 0 Å². The van der Waals surface area contributed by atoms with Crippen molar-refractivity contribution in [2.45, 2.75) is 26.5 Å². The van der Waals surface area contributed by atoms with E-state index in [1.165, 1.54) is 0 Å². The van der Waals surface area contributed by atoms with Gasteiger partial charge < -0.3 is 10.1 Å². The number of aryl methyl sites for hydroxylation is 1. The smallest absolute Gasteiger partial charge is 0.181 e. The van der Waals surface area contributed by atoms with Gasteiger partial charge in [-0.1, -0.05) is 12.1 Å². The van der Waals surface area contributed by atoms with Gasteiger partial charge in [-0.3, -0.25) is 0 Å². The van der Waals surface area contributed by atoms with Crippen LogP contribution in [0.15, 0.2) is 29.6 Å². The second-order valence-corrected chi connectivity index (χ2v) is 6.22. The summed E-state index contributed by atoms with van der Waals surface area (Å²) in [7, 11) is 1.83. The molecule has 126 valence electrons. The number of nitrogens with one attached hydrogen (secondary N) is 1. The van der Waals surface area contributed by atoms with Crippen molar-refractivity contribution in [1.82, 2.24) is 25.2 Å². The molecule has 3 aromatic rings. The zero-order valence-corrected chi connectivity index (χ0v) is 14.7. The quantitative estimate of drug-likeness (QED) is 0.710. The number of aromatic nitrogens is 5. The monoisotopic (exact) mass is 344 g/mol. The number of thiazole rings is 1. The maximum absolute atomic E-state index is 5.58. The van der Waals surface area contributed by atoms with E-state index in [1.54, 1.807) is 16.0 Å². The Morgan fingerprint density at radius 3 is 3.00 bits per heavy atom. The molecule has 1 aromatic carbocycles. The summed E-state index contributed by atoms with van der Waals surface area (Å²) < 4.78 is 7.23. The van der Waals surface area contributed by atoms with Gasteiger partial charge >= 0.3 is 0 Å². The first-order chi connectivity index (χ1) is 11.7. The van der Waals surface area contributed by atoms with Gasteiger partial charge in [-0.15, -0.1) is 16.4 Å². The lowest BCUT2D eigenvalue weighted by Gasteiger charge is -2.08. The Morgan fingerprint density at radius 1 is 1.38 bits per heavy atom. The first-order valence-electron chi connectivity index (χ1n) is 7.80. The second kappa shape index (κ2) is 7.50. The van der Waals surface area contributed by atoms with Crippen LogP contribution in [0.25, 0.3) is 11.4 Å². The van der Waals surface area contributed by atoms with Gasteiger partial charge in [0.15, 0.2) is 5.82 Å². The molecule has 0 aliphatic carbocycles. The number of nitrogens with zero attached hydrogens (tertiary/aromatic N) is 5. The van der Waals surface area contributed by atoms with Crippen LogP contribution in [0.2, 0.25) is 0 Å². The molecule has 0 bridgehead atoms.